The maximum atomic E-state index is 5.78. The highest BCUT2D eigenvalue weighted by molar-refractivity contribution is 6.00. The van der Waals surface area contributed by atoms with E-state index in [0.717, 1.165) is 52.3 Å². The van der Waals surface area contributed by atoms with Gasteiger partial charge in [-0.25, -0.2) is 9.50 Å². The van der Waals surface area contributed by atoms with Gasteiger partial charge in [-0.05, 0) is 38.0 Å². The monoisotopic (exact) mass is 425 g/mol. The molecule has 3 aliphatic rings. The number of nitrogens with zero attached hydrogens (tertiary/aromatic N) is 5. The Labute approximate surface area is 180 Å². The number of rotatable bonds is 4. The van der Waals surface area contributed by atoms with Crippen LogP contribution in [0.3, 0.4) is 0 Å². The zero-order valence-electron chi connectivity index (χ0n) is 16.7. The molecule has 8 nitrogen and oxygen atoms in total. The maximum absolute atomic E-state index is 5.78. The summed E-state index contributed by atoms with van der Waals surface area (Å²) in [5.41, 5.74) is 3.86. The number of aromatic nitrogens is 5. The maximum Gasteiger partial charge on any atom is 0.178 e. The van der Waals surface area contributed by atoms with E-state index in [-0.39, 0.29) is 12.4 Å². The number of hydrogen-bond acceptors (Lipinski definition) is 6. The Morgan fingerprint density at radius 1 is 1.23 bits per heavy atom. The molecule has 7 heterocycles. The predicted octanol–water partition coefficient (Wildman–Crippen LogP) is 3.03. The molecule has 9 heteroatoms. The van der Waals surface area contributed by atoms with Gasteiger partial charge in [-0.1, -0.05) is 0 Å². The van der Waals surface area contributed by atoms with Crippen molar-refractivity contribution in [2.45, 2.75) is 31.8 Å². The van der Waals surface area contributed by atoms with Gasteiger partial charge in [0.25, 0.3) is 0 Å². The molecular formula is C21H24ClN7O. The first-order chi connectivity index (χ1) is 14.3. The van der Waals surface area contributed by atoms with E-state index in [4.69, 9.17) is 9.72 Å². The molecule has 0 aromatic carbocycles. The van der Waals surface area contributed by atoms with E-state index in [1.807, 2.05) is 30.0 Å². The highest BCUT2D eigenvalue weighted by Crippen LogP contribution is 2.34. The van der Waals surface area contributed by atoms with Crippen LogP contribution in [0.15, 0.2) is 36.8 Å². The molecular weight excluding hydrogens is 402 g/mol. The van der Waals surface area contributed by atoms with Crippen LogP contribution >= 0.6 is 12.4 Å². The first kappa shape index (κ1) is 19.1. The second kappa shape index (κ2) is 7.45. The summed E-state index contributed by atoms with van der Waals surface area (Å²) in [6, 6.07) is 7.50. The van der Waals surface area contributed by atoms with Gasteiger partial charge in [-0.2, -0.15) is 5.10 Å². The van der Waals surface area contributed by atoms with Crippen molar-refractivity contribution in [3.05, 3.63) is 36.8 Å². The average Bonchev–Trinajstić information content (AvgIpc) is 3.35. The lowest BCUT2D eigenvalue weighted by Gasteiger charge is -2.46. The first-order valence-electron chi connectivity index (χ1n) is 10.2. The summed E-state index contributed by atoms with van der Waals surface area (Å²) >= 11 is 0. The Morgan fingerprint density at radius 3 is 2.87 bits per heavy atom. The van der Waals surface area contributed by atoms with Gasteiger partial charge in [0.2, 0.25) is 0 Å². The number of halogens is 1. The molecule has 4 aromatic heterocycles. The smallest absolute Gasteiger partial charge is 0.178 e. The highest BCUT2D eigenvalue weighted by Gasteiger charge is 2.33. The summed E-state index contributed by atoms with van der Waals surface area (Å²) in [5, 5.41) is 16.3. The van der Waals surface area contributed by atoms with Crippen LogP contribution in [-0.4, -0.2) is 56.6 Å². The van der Waals surface area contributed by atoms with Gasteiger partial charge in [0.15, 0.2) is 5.65 Å². The number of piperazine rings is 1. The molecule has 0 aliphatic carbocycles. The number of anilines is 1. The van der Waals surface area contributed by atoms with E-state index in [2.05, 4.69) is 43.7 Å². The van der Waals surface area contributed by atoms with E-state index in [1.165, 1.54) is 12.8 Å². The SMILES string of the molecule is CCOc1cc(-c2ccc(N3CC4CCC3CN4)nc2)c2c3cn[nH]c3nn2c1.Cl. The minimum atomic E-state index is 0. The molecule has 30 heavy (non-hydrogen) atoms. The van der Waals surface area contributed by atoms with Crippen molar-refractivity contribution in [3.63, 3.8) is 0 Å². The lowest BCUT2D eigenvalue weighted by molar-refractivity contribution is 0.289. The van der Waals surface area contributed by atoms with E-state index in [1.54, 1.807) is 0 Å². The van der Waals surface area contributed by atoms with Gasteiger partial charge in [-0.3, -0.25) is 5.10 Å². The molecule has 156 valence electrons. The van der Waals surface area contributed by atoms with Crippen LogP contribution in [0.5, 0.6) is 5.75 Å². The Balaban J connectivity index is 0.00000193. The lowest BCUT2D eigenvalue weighted by Crippen LogP contribution is -2.61. The zero-order chi connectivity index (χ0) is 19.4. The van der Waals surface area contributed by atoms with Gasteiger partial charge in [0.1, 0.15) is 11.6 Å². The van der Waals surface area contributed by atoms with Gasteiger partial charge in [0.05, 0.1) is 29.9 Å². The van der Waals surface area contributed by atoms with Crippen LogP contribution in [0, 0.1) is 0 Å². The standard InChI is InChI=1S/C21H23N7O.ClH/c1-2-29-16-7-17(20-18-10-24-25-21(18)26-28(20)12-16)13-3-6-19(23-8-13)27-11-14-4-5-15(27)9-22-14;/h3,6-8,10,12,14-15,22H,2,4-5,9,11H2,1H3,(H,25,26);1H. The molecule has 0 radical (unpaired) electrons. The first-order valence-corrected chi connectivity index (χ1v) is 10.2. The van der Waals surface area contributed by atoms with Crippen LogP contribution in [0.1, 0.15) is 19.8 Å². The van der Waals surface area contributed by atoms with Crippen LogP contribution in [0.25, 0.3) is 27.7 Å². The van der Waals surface area contributed by atoms with Crippen molar-refractivity contribution in [1.29, 1.82) is 0 Å². The molecule has 2 N–H and O–H groups in total. The van der Waals surface area contributed by atoms with E-state index in [9.17, 15) is 0 Å². The molecule has 3 saturated heterocycles. The van der Waals surface area contributed by atoms with Crippen molar-refractivity contribution in [2.24, 2.45) is 0 Å². The Bertz CT molecular complexity index is 1180. The molecule has 7 rings (SSSR count). The predicted molar refractivity (Wildman–Crippen MR) is 119 cm³/mol. The van der Waals surface area contributed by atoms with Crippen molar-refractivity contribution in [1.82, 2.24) is 30.1 Å². The van der Waals surface area contributed by atoms with Crippen molar-refractivity contribution in [3.8, 4) is 16.9 Å². The topological polar surface area (TPSA) is 83.4 Å². The van der Waals surface area contributed by atoms with E-state index < -0.39 is 0 Å². The number of piperidine rings is 2. The van der Waals surface area contributed by atoms with Crippen LogP contribution in [-0.2, 0) is 0 Å². The molecule has 3 fully saturated rings. The number of nitrogens with one attached hydrogen (secondary N) is 2. The molecule has 0 saturated carbocycles. The molecule has 3 aliphatic heterocycles. The number of fused-ring (bicyclic) bond motifs is 6. The highest BCUT2D eigenvalue weighted by atomic mass is 35.5. The molecule has 4 aromatic rings. The molecule has 2 bridgehead atoms. The summed E-state index contributed by atoms with van der Waals surface area (Å²) in [5.74, 6) is 1.85. The summed E-state index contributed by atoms with van der Waals surface area (Å²) in [7, 11) is 0. The van der Waals surface area contributed by atoms with Gasteiger partial charge in [0, 0.05) is 42.5 Å². The number of pyridine rings is 2. The number of aromatic amines is 1. The number of H-pyrrole nitrogens is 1. The third-order valence-corrected chi connectivity index (χ3v) is 6.11. The fourth-order valence-electron chi connectivity index (χ4n) is 4.71. The molecule has 0 amide bonds. The second-order valence-electron chi connectivity index (χ2n) is 7.84. The quantitative estimate of drug-likeness (QED) is 0.523. The molecule has 2 atom stereocenters. The fraction of sp³-hybridized carbons (Fsp3) is 0.381. The third-order valence-electron chi connectivity index (χ3n) is 6.11. The Kier molecular flexibility index (Phi) is 4.75. The summed E-state index contributed by atoms with van der Waals surface area (Å²) in [4.78, 5) is 7.29. The van der Waals surface area contributed by atoms with Gasteiger partial charge < -0.3 is 15.0 Å². The minimum absolute atomic E-state index is 0. The van der Waals surface area contributed by atoms with E-state index >= 15 is 0 Å². The fourth-order valence-corrected chi connectivity index (χ4v) is 4.71. The molecule has 2 unspecified atom stereocenters. The largest absolute Gasteiger partial charge is 0.492 e. The van der Waals surface area contributed by atoms with Gasteiger partial charge in [-0.15, -0.1) is 17.5 Å². The zero-order valence-corrected chi connectivity index (χ0v) is 17.5. The summed E-state index contributed by atoms with van der Waals surface area (Å²) in [6.45, 7) is 4.69. The minimum Gasteiger partial charge on any atom is -0.492 e. The van der Waals surface area contributed by atoms with Crippen molar-refractivity contribution >= 4 is 34.8 Å². The van der Waals surface area contributed by atoms with Crippen LogP contribution in [0.2, 0.25) is 0 Å². The van der Waals surface area contributed by atoms with Crippen LogP contribution in [0.4, 0.5) is 5.82 Å². The molecule has 0 spiro atoms. The Morgan fingerprint density at radius 2 is 2.17 bits per heavy atom. The summed E-state index contributed by atoms with van der Waals surface area (Å²) in [6.07, 6.45) is 8.21. The number of ether oxygens (including phenoxy) is 1. The Hall–Kier alpha value is -2.84. The third kappa shape index (κ3) is 2.98. The van der Waals surface area contributed by atoms with E-state index in [0.29, 0.717) is 18.7 Å². The van der Waals surface area contributed by atoms with Crippen molar-refractivity contribution in [2.75, 3.05) is 24.6 Å². The lowest BCUT2D eigenvalue weighted by atomic mass is 9.93. The number of hydrogen-bond donors (Lipinski definition) is 2. The average molecular weight is 426 g/mol. The second-order valence-corrected chi connectivity index (χ2v) is 7.84. The van der Waals surface area contributed by atoms with Crippen LogP contribution < -0.4 is 15.0 Å². The van der Waals surface area contributed by atoms with Gasteiger partial charge >= 0.3 is 0 Å². The summed E-state index contributed by atoms with van der Waals surface area (Å²) < 4.78 is 7.65. The normalized spacial score (nSPS) is 20.6. The van der Waals surface area contributed by atoms with Crippen molar-refractivity contribution < 1.29 is 4.74 Å².